The Morgan fingerprint density at radius 3 is 1.57 bits per heavy atom. The van der Waals surface area contributed by atoms with Crippen molar-refractivity contribution in [1.29, 1.82) is 0 Å². The summed E-state index contributed by atoms with van der Waals surface area (Å²) in [5, 5.41) is 11.4. The number of phenolic OH excluding ortho intramolecular Hbond substituents is 1. The van der Waals surface area contributed by atoms with E-state index in [2.05, 4.69) is 25.9 Å². The van der Waals surface area contributed by atoms with Gasteiger partial charge in [0.2, 0.25) is 0 Å². The molecule has 7 rings (SSSR count). The number of carbonyl (C=O) groups excluding carboxylic acids is 2. The van der Waals surface area contributed by atoms with Gasteiger partial charge in [-0.1, -0.05) is 12.1 Å². The minimum Gasteiger partial charge on any atom is -0.507 e. The molecule has 5 aromatic carbocycles. The van der Waals surface area contributed by atoms with E-state index in [-0.39, 0.29) is 30.5 Å². The Bertz CT molecular complexity index is 2680. The summed E-state index contributed by atoms with van der Waals surface area (Å²) in [6.07, 6.45) is 0. The molecular weight excluding hydrogens is 893 g/mol. The van der Waals surface area contributed by atoms with E-state index in [0.717, 1.165) is 44.9 Å². The first-order valence-electron chi connectivity index (χ1n) is 17.3. The summed E-state index contributed by atoms with van der Waals surface area (Å²) in [4.78, 5) is 32.3. The summed E-state index contributed by atoms with van der Waals surface area (Å²) >= 11 is 6.03. The number of benzene rings is 5. The number of hydrogen-bond acceptors (Lipinski definition) is 11. The van der Waals surface area contributed by atoms with Crippen molar-refractivity contribution in [1.82, 2.24) is 9.97 Å². The number of primary amides is 2. The highest BCUT2D eigenvalue weighted by Crippen LogP contribution is 2.41. The molecule has 11 nitrogen and oxygen atoms in total. The Kier molecular flexibility index (Phi) is 13.7. The maximum absolute atomic E-state index is 14.5. The molecule has 0 aliphatic heterocycles. The number of rotatable bonds is 13. The number of halogens is 5. The normalized spacial score (nSPS) is 10.7. The van der Waals surface area contributed by atoms with Crippen LogP contribution in [0.3, 0.4) is 0 Å². The summed E-state index contributed by atoms with van der Waals surface area (Å²) in [5.74, 6) is -5.94. The first-order chi connectivity index (χ1) is 28.8. The number of aromatic nitrogens is 2. The molecule has 308 valence electrons. The van der Waals surface area contributed by atoms with Gasteiger partial charge >= 0.3 is 0 Å². The number of carbonyl (C=O) groups is 2. The van der Waals surface area contributed by atoms with Crippen molar-refractivity contribution in [3.8, 4) is 61.7 Å². The number of amides is 2. The average Bonchev–Trinajstić information content (AvgIpc) is 3.83. The molecule has 0 aliphatic rings. The second-order valence-corrected chi connectivity index (χ2v) is 15.7. The molecule has 0 spiro atoms. The Balaban J connectivity index is 0.000000205. The summed E-state index contributed by atoms with van der Waals surface area (Å²) in [6, 6.07) is 25.5. The van der Waals surface area contributed by atoms with E-state index in [0.29, 0.717) is 37.6 Å². The van der Waals surface area contributed by atoms with Crippen molar-refractivity contribution in [3.05, 3.63) is 145 Å². The van der Waals surface area contributed by atoms with E-state index in [9.17, 15) is 32.3 Å². The SMILES string of the molecule is COc1ccc(-c2nc(COc3ccc(F)c(C(N)=O)c3F)sc2-c2ccccc2O)cc1.COc1ccc(-c2nc(COc3ccc(F)c(C(N)=O)c3F)sc2Br)cc1. The molecule has 0 saturated carbocycles. The van der Waals surface area contributed by atoms with E-state index in [4.69, 9.17) is 30.4 Å². The molecule has 0 atom stereocenters. The topological polar surface area (TPSA) is 169 Å². The van der Waals surface area contributed by atoms with Crippen molar-refractivity contribution in [2.45, 2.75) is 13.2 Å². The maximum atomic E-state index is 14.5. The van der Waals surface area contributed by atoms with Gasteiger partial charge in [-0.15, -0.1) is 22.7 Å². The van der Waals surface area contributed by atoms with Crippen molar-refractivity contribution < 1.29 is 51.2 Å². The van der Waals surface area contributed by atoms with Gasteiger partial charge in [-0.2, -0.15) is 0 Å². The zero-order valence-electron chi connectivity index (χ0n) is 31.3. The number of para-hydroxylation sites is 1. The Morgan fingerprint density at radius 1 is 0.650 bits per heavy atom. The molecule has 2 amide bonds. The Labute approximate surface area is 355 Å². The van der Waals surface area contributed by atoms with Crippen LogP contribution in [0.4, 0.5) is 17.6 Å². The second-order valence-electron chi connectivity index (χ2n) is 12.3. The highest BCUT2D eigenvalue weighted by Gasteiger charge is 2.23. The lowest BCUT2D eigenvalue weighted by Crippen LogP contribution is -2.16. The molecule has 18 heteroatoms. The van der Waals surface area contributed by atoms with Crippen LogP contribution in [-0.2, 0) is 13.2 Å². The summed E-state index contributed by atoms with van der Waals surface area (Å²) in [7, 11) is 3.15. The van der Waals surface area contributed by atoms with Gasteiger partial charge in [-0.3, -0.25) is 9.59 Å². The van der Waals surface area contributed by atoms with Crippen LogP contribution in [0.5, 0.6) is 28.7 Å². The van der Waals surface area contributed by atoms with Gasteiger partial charge < -0.3 is 35.5 Å². The number of hydrogen-bond donors (Lipinski definition) is 3. The van der Waals surface area contributed by atoms with Crippen LogP contribution in [0.1, 0.15) is 30.7 Å². The lowest BCUT2D eigenvalue weighted by Gasteiger charge is -2.08. The number of ether oxygens (including phenoxy) is 4. The second kappa shape index (κ2) is 19.0. The van der Waals surface area contributed by atoms with Gasteiger partial charge in [0.05, 0.1) is 34.3 Å². The van der Waals surface area contributed by atoms with Gasteiger partial charge in [-0.05, 0) is 101 Å². The van der Waals surface area contributed by atoms with E-state index in [1.165, 1.54) is 22.7 Å². The number of aromatic hydroxyl groups is 1. The van der Waals surface area contributed by atoms with Gasteiger partial charge in [0.25, 0.3) is 11.8 Å². The molecule has 5 N–H and O–H groups in total. The summed E-state index contributed by atoms with van der Waals surface area (Å²) in [6.45, 7) is -0.206. The first kappa shape index (κ1) is 43.1. The number of nitrogens with two attached hydrogens (primary N) is 2. The fourth-order valence-corrected chi connectivity index (χ4v) is 8.20. The number of nitrogens with zero attached hydrogens (tertiary/aromatic N) is 2. The maximum Gasteiger partial charge on any atom is 0.254 e. The molecule has 0 aliphatic carbocycles. The van der Waals surface area contributed by atoms with Crippen LogP contribution in [0.25, 0.3) is 33.0 Å². The number of phenols is 1. The summed E-state index contributed by atoms with van der Waals surface area (Å²) < 4.78 is 77.9. The van der Waals surface area contributed by atoms with Crippen molar-refractivity contribution in [2.75, 3.05) is 14.2 Å². The number of thiazole rings is 2. The van der Waals surface area contributed by atoms with Gasteiger partial charge in [0.1, 0.15) is 63.2 Å². The van der Waals surface area contributed by atoms with Crippen molar-refractivity contribution in [3.63, 3.8) is 0 Å². The van der Waals surface area contributed by atoms with Crippen molar-refractivity contribution >= 4 is 50.4 Å². The molecule has 0 bridgehead atoms. The minimum atomic E-state index is -1.23. The predicted octanol–water partition coefficient (Wildman–Crippen LogP) is 9.68. The molecule has 60 heavy (non-hydrogen) atoms. The first-order valence-corrected chi connectivity index (χ1v) is 19.7. The molecular formula is C42H31BrF4N4O7S2. The van der Waals surface area contributed by atoms with E-state index >= 15 is 0 Å². The largest absolute Gasteiger partial charge is 0.507 e. The zero-order valence-corrected chi connectivity index (χ0v) is 34.5. The minimum absolute atomic E-state index is 0.0554. The lowest BCUT2D eigenvalue weighted by molar-refractivity contribution is 0.0982. The highest BCUT2D eigenvalue weighted by atomic mass is 79.9. The molecule has 2 aromatic heterocycles. The quantitative estimate of drug-likeness (QED) is 0.0954. The molecule has 0 radical (unpaired) electrons. The fraction of sp³-hybridized carbons (Fsp3) is 0.0952. The predicted molar refractivity (Wildman–Crippen MR) is 221 cm³/mol. The lowest BCUT2D eigenvalue weighted by atomic mass is 10.1. The van der Waals surface area contributed by atoms with Crippen molar-refractivity contribution in [2.24, 2.45) is 11.5 Å². The highest BCUT2D eigenvalue weighted by molar-refractivity contribution is 9.11. The van der Waals surface area contributed by atoms with E-state index in [1.807, 2.05) is 36.4 Å². The smallest absolute Gasteiger partial charge is 0.254 e. The molecule has 7 aromatic rings. The Morgan fingerprint density at radius 2 is 1.10 bits per heavy atom. The fourth-order valence-electron chi connectivity index (χ4n) is 5.57. The van der Waals surface area contributed by atoms with Gasteiger partial charge in [0.15, 0.2) is 23.1 Å². The monoisotopic (exact) mass is 922 g/mol. The third-order valence-corrected chi connectivity index (χ3v) is 11.2. The third kappa shape index (κ3) is 9.68. The third-order valence-electron chi connectivity index (χ3n) is 8.48. The standard InChI is InChI=1S/C24H18F2N2O4S.C18H13BrF2N2O3S/c1-31-14-8-6-13(7-9-14)22-23(15-4-2-3-5-17(15)29)33-19(28-22)12-32-18-11-10-16(25)20(21(18)26)24(27)30;1-25-10-4-2-9(3-5-10)16-17(19)27-13(23-16)8-26-12-7-6-11(20)14(15(12)21)18(22)24/h2-11,29H,12H2,1H3,(H2,27,30);2-7H,8H2,1H3,(H2,22,24). The molecule has 0 saturated heterocycles. The van der Waals surface area contributed by atoms with Crippen LogP contribution >= 0.6 is 38.6 Å². The van der Waals surface area contributed by atoms with Crippen LogP contribution in [0.2, 0.25) is 0 Å². The summed E-state index contributed by atoms with van der Waals surface area (Å²) in [5.41, 5.74) is 11.9. The van der Waals surface area contributed by atoms with E-state index in [1.54, 1.807) is 50.6 Å². The molecule has 2 heterocycles. The average molecular weight is 924 g/mol. The Hall–Kier alpha value is -6.50. The van der Waals surface area contributed by atoms with Crippen LogP contribution in [-0.4, -0.2) is 41.1 Å². The molecule has 0 unspecified atom stereocenters. The van der Waals surface area contributed by atoms with Crippen LogP contribution < -0.4 is 30.4 Å². The van der Waals surface area contributed by atoms with Crippen LogP contribution in [0.15, 0.2) is 101 Å². The van der Waals surface area contributed by atoms with Gasteiger partial charge in [0, 0.05) is 16.7 Å². The van der Waals surface area contributed by atoms with Crippen LogP contribution in [0, 0.1) is 23.3 Å². The molecule has 0 fully saturated rings. The van der Waals surface area contributed by atoms with Gasteiger partial charge in [-0.25, -0.2) is 27.5 Å². The van der Waals surface area contributed by atoms with E-state index < -0.39 is 46.2 Å². The zero-order chi connectivity index (χ0) is 43.1. The number of methoxy groups -OCH3 is 2.